The smallest absolute Gasteiger partial charge is 0.423 e. The molecule has 18 heavy (non-hydrogen) atoms. The molecule has 0 aliphatic heterocycles. The summed E-state index contributed by atoms with van der Waals surface area (Å²) < 4.78 is 23.7. The van der Waals surface area contributed by atoms with Gasteiger partial charge in [-0.05, 0) is 37.0 Å². The molecule has 0 aromatic heterocycles. The maximum Gasteiger partial charge on any atom is 0.488 e. The lowest BCUT2D eigenvalue weighted by atomic mass is 9.77. The molecule has 0 spiro atoms. The summed E-state index contributed by atoms with van der Waals surface area (Å²) in [5.41, 5.74) is 0.674. The van der Waals surface area contributed by atoms with Gasteiger partial charge in [0, 0.05) is 6.61 Å². The van der Waals surface area contributed by atoms with Crippen LogP contribution in [0.2, 0.25) is 0 Å². The van der Waals surface area contributed by atoms with E-state index in [9.17, 15) is 4.39 Å². The van der Waals surface area contributed by atoms with Crippen molar-refractivity contribution >= 4 is 12.6 Å². The van der Waals surface area contributed by atoms with Crippen molar-refractivity contribution in [1.29, 1.82) is 0 Å². The molecule has 1 aromatic carbocycles. The Morgan fingerprint density at radius 3 is 2.72 bits per heavy atom. The lowest BCUT2D eigenvalue weighted by molar-refractivity contribution is -0.0114. The topological polar surface area (TPSA) is 58.9 Å². The summed E-state index contributed by atoms with van der Waals surface area (Å²) in [4.78, 5) is 0. The normalized spacial score (nSPS) is 12.5. The number of ether oxygens (including phenoxy) is 2. The van der Waals surface area contributed by atoms with Gasteiger partial charge in [-0.3, -0.25) is 0 Å². The Bertz CT molecular complexity index is 373. The summed E-state index contributed by atoms with van der Waals surface area (Å²) in [6, 6.07) is 3.84. The highest BCUT2D eigenvalue weighted by atomic mass is 19.1. The highest BCUT2D eigenvalue weighted by Gasteiger charge is 2.17. The lowest BCUT2D eigenvalue weighted by Gasteiger charge is -2.15. The second-order valence-corrected chi connectivity index (χ2v) is 4.00. The third kappa shape index (κ3) is 4.74. The van der Waals surface area contributed by atoms with Crippen LogP contribution in [0.25, 0.3) is 0 Å². The molecule has 0 heterocycles. The van der Waals surface area contributed by atoms with Crippen LogP contribution in [0, 0.1) is 5.82 Å². The van der Waals surface area contributed by atoms with Crippen molar-refractivity contribution in [3.63, 3.8) is 0 Å². The van der Waals surface area contributed by atoms with E-state index in [1.54, 1.807) is 0 Å². The molecule has 1 rings (SSSR count). The van der Waals surface area contributed by atoms with Gasteiger partial charge in [-0.2, -0.15) is 0 Å². The lowest BCUT2D eigenvalue weighted by Crippen LogP contribution is -2.34. The molecule has 0 fully saturated rings. The SMILES string of the molecule is CCOCC(C)OCc1ccc(F)cc1B(O)O. The highest BCUT2D eigenvalue weighted by molar-refractivity contribution is 6.59. The second kappa shape index (κ2) is 7.48. The molecule has 1 unspecified atom stereocenters. The molecule has 0 bridgehead atoms. The van der Waals surface area contributed by atoms with Gasteiger partial charge in [0.2, 0.25) is 0 Å². The van der Waals surface area contributed by atoms with E-state index in [1.165, 1.54) is 12.1 Å². The van der Waals surface area contributed by atoms with Crippen molar-refractivity contribution in [2.75, 3.05) is 13.2 Å². The Morgan fingerprint density at radius 1 is 1.39 bits per heavy atom. The summed E-state index contributed by atoms with van der Waals surface area (Å²) in [5, 5.41) is 18.3. The Kier molecular flexibility index (Phi) is 6.28. The summed E-state index contributed by atoms with van der Waals surface area (Å²) in [6.45, 7) is 5.02. The quantitative estimate of drug-likeness (QED) is 0.695. The fourth-order valence-corrected chi connectivity index (χ4v) is 1.50. The largest absolute Gasteiger partial charge is 0.488 e. The number of halogens is 1. The Morgan fingerprint density at radius 2 is 2.11 bits per heavy atom. The standard InChI is InChI=1S/C12H18BFO4/c1-3-17-7-9(2)18-8-10-4-5-11(14)6-12(10)13(15)16/h4-6,9,15-16H,3,7-8H2,1-2H3. The van der Waals surface area contributed by atoms with Crippen LogP contribution in [0.5, 0.6) is 0 Å². The van der Waals surface area contributed by atoms with Crippen LogP contribution in [0.15, 0.2) is 18.2 Å². The highest BCUT2D eigenvalue weighted by Crippen LogP contribution is 2.05. The zero-order chi connectivity index (χ0) is 13.5. The monoisotopic (exact) mass is 256 g/mol. The Labute approximate surface area is 106 Å². The van der Waals surface area contributed by atoms with Crippen LogP contribution >= 0.6 is 0 Å². The Balaban J connectivity index is 2.61. The van der Waals surface area contributed by atoms with Gasteiger partial charge < -0.3 is 19.5 Å². The molecule has 0 saturated carbocycles. The molecule has 0 radical (unpaired) electrons. The minimum Gasteiger partial charge on any atom is -0.423 e. The van der Waals surface area contributed by atoms with E-state index in [0.717, 1.165) is 6.07 Å². The first-order valence-electron chi connectivity index (χ1n) is 5.88. The maximum atomic E-state index is 13.0. The van der Waals surface area contributed by atoms with E-state index in [0.29, 0.717) is 18.8 Å². The van der Waals surface area contributed by atoms with Crippen LogP contribution in [0.4, 0.5) is 4.39 Å². The maximum absolute atomic E-state index is 13.0. The van der Waals surface area contributed by atoms with Crippen LogP contribution < -0.4 is 5.46 Å². The van der Waals surface area contributed by atoms with E-state index in [-0.39, 0.29) is 18.2 Å². The van der Waals surface area contributed by atoms with Gasteiger partial charge in [-0.15, -0.1) is 0 Å². The van der Waals surface area contributed by atoms with Crippen LogP contribution in [0.3, 0.4) is 0 Å². The minimum atomic E-state index is -1.71. The molecule has 0 amide bonds. The number of hydrogen-bond donors (Lipinski definition) is 2. The molecule has 0 aliphatic carbocycles. The summed E-state index contributed by atoms with van der Waals surface area (Å²) in [5.74, 6) is -0.510. The predicted molar refractivity (Wildman–Crippen MR) is 67.0 cm³/mol. The van der Waals surface area contributed by atoms with E-state index in [1.807, 2.05) is 13.8 Å². The van der Waals surface area contributed by atoms with E-state index in [4.69, 9.17) is 19.5 Å². The molecule has 6 heteroatoms. The second-order valence-electron chi connectivity index (χ2n) is 4.00. The average molecular weight is 256 g/mol. The predicted octanol–water partition coefficient (Wildman–Crippen LogP) is 0.447. The molecule has 100 valence electrons. The zero-order valence-electron chi connectivity index (χ0n) is 10.6. The van der Waals surface area contributed by atoms with Gasteiger partial charge in [-0.1, -0.05) is 6.07 Å². The van der Waals surface area contributed by atoms with Gasteiger partial charge in [0.25, 0.3) is 0 Å². The van der Waals surface area contributed by atoms with Crippen molar-refractivity contribution < 1.29 is 23.9 Å². The fourth-order valence-electron chi connectivity index (χ4n) is 1.50. The summed E-state index contributed by atoms with van der Waals surface area (Å²) in [7, 11) is -1.71. The third-order valence-corrected chi connectivity index (χ3v) is 2.47. The Hall–Kier alpha value is -0.945. The first kappa shape index (κ1) is 15.1. The molecule has 0 aliphatic rings. The molecule has 1 atom stereocenters. The van der Waals surface area contributed by atoms with E-state index < -0.39 is 12.9 Å². The van der Waals surface area contributed by atoms with Crippen LogP contribution in [-0.2, 0) is 16.1 Å². The van der Waals surface area contributed by atoms with Crippen molar-refractivity contribution in [3.05, 3.63) is 29.6 Å². The van der Waals surface area contributed by atoms with E-state index >= 15 is 0 Å². The van der Waals surface area contributed by atoms with Crippen molar-refractivity contribution in [3.8, 4) is 0 Å². The van der Waals surface area contributed by atoms with Crippen molar-refractivity contribution in [2.45, 2.75) is 26.6 Å². The van der Waals surface area contributed by atoms with Gasteiger partial charge in [0.15, 0.2) is 0 Å². The number of hydrogen-bond acceptors (Lipinski definition) is 4. The molecule has 4 nitrogen and oxygen atoms in total. The van der Waals surface area contributed by atoms with Gasteiger partial charge in [0.05, 0.1) is 19.3 Å². The van der Waals surface area contributed by atoms with Gasteiger partial charge in [-0.25, -0.2) is 4.39 Å². The molecule has 1 aromatic rings. The number of rotatable bonds is 7. The summed E-state index contributed by atoms with van der Waals surface area (Å²) >= 11 is 0. The molecular formula is C12H18BFO4. The zero-order valence-corrected chi connectivity index (χ0v) is 10.6. The van der Waals surface area contributed by atoms with Gasteiger partial charge >= 0.3 is 7.12 Å². The van der Waals surface area contributed by atoms with Crippen molar-refractivity contribution in [1.82, 2.24) is 0 Å². The minimum absolute atomic E-state index is 0.112. The average Bonchev–Trinajstić information content (AvgIpc) is 2.34. The van der Waals surface area contributed by atoms with E-state index in [2.05, 4.69) is 0 Å². The molecule has 0 saturated heterocycles. The summed E-state index contributed by atoms with van der Waals surface area (Å²) in [6.07, 6.45) is -0.112. The van der Waals surface area contributed by atoms with Crippen LogP contribution in [-0.4, -0.2) is 36.5 Å². The third-order valence-electron chi connectivity index (χ3n) is 2.47. The first-order valence-corrected chi connectivity index (χ1v) is 5.88. The van der Waals surface area contributed by atoms with Crippen LogP contribution in [0.1, 0.15) is 19.4 Å². The molecular weight excluding hydrogens is 238 g/mol. The first-order chi connectivity index (χ1) is 8.54. The fraction of sp³-hybridized carbons (Fsp3) is 0.500. The van der Waals surface area contributed by atoms with Gasteiger partial charge in [0.1, 0.15) is 5.82 Å². The molecule has 2 N–H and O–H groups in total. The van der Waals surface area contributed by atoms with Crippen molar-refractivity contribution in [2.24, 2.45) is 0 Å². The number of benzene rings is 1.